The molecule has 1 atom stereocenters. The van der Waals surface area contributed by atoms with E-state index in [4.69, 9.17) is 4.74 Å². The Labute approximate surface area is 167 Å². The van der Waals surface area contributed by atoms with Crippen LogP contribution in [0.2, 0.25) is 0 Å². The zero-order valence-corrected chi connectivity index (χ0v) is 17.1. The van der Waals surface area contributed by atoms with Gasteiger partial charge in [0.2, 0.25) is 0 Å². The van der Waals surface area contributed by atoms with Gasteiger partial charge < -0.3 is 10.1 Å². The van der Waals surface area contributed by atoms with Crippen molar-refractivity contribution in [3.63, 3.8) is 0 Å². The molecule has 2 aromatic rings. The molecule has 1 amide bonds. The third kappa shape index (κ3) is 7.15. The number of sulfone groups is 1. The van der Waals surface area contributed by atoms with E-state index in [-0.39, 0.29) is 18.8 Å². The fraction of sp³-hybridized carbons (Fsp3) is 0.263. The molecule has 0 saturated carbocycles. The van der Waals surface area contributed by atoms with Crippen LogP contribution >= 0.6 is 15.9 Å². The van der Waals surface area contributed by atoms with Gasteiger partial charge in [0.05, 0.1) is 11.3 Å². The highest BCUT2D eigenvalue weighted by Gasteiger charge is 2.25. The predicted molar refractivity (Wildman–Crippen MR) is 106 cm³/mol. The van der Waals surface area contributed by atoms with Crippen LogP contribution in [-0.2, 0) is 26.0 Å². The van der Waals surface area contributed by atoms with Crippen LogP contribution in [0.1, 0.15) is 22.3 Å². The van der Waals surface area contributed by atoms with E-state index in [1.807, 2.05) is 18.2 Å². The van der Waals surface area contributed by atoms with Crippen LogP contribution in [0.3, 0.4) is 0 Å². The Morgan fingerprint density at radius 2 is 1.70 bits per heavy atom. The quantitative estimate of drug-likeness (QED) is 0.620. The second-order valence-corrected chi connectivity index (χ2v) is 9.13. The summed E-state index contributed by atoms with van der Waals surface area (Å²) < 4.78 is 28.8. The summed E-state index contributed by atoms with van der Waals surface area (Å²) in [5.74, 6) is -1.41. The first-order chi connectivity index (χ1) is 12.8. The van der Waals surface area contributed by atoms with Crippen LogP contribution in [0, 0.1) is 0 Å². The van der Waals surface area contributed by atoms with Gasteiger partial charge in [-0.05, 0) is 40.0 Å². The number of carbonyl (C=O) groups excluding carboxylic acids is 2. The molecule has 2 aromatic carbocycles. The lowest BCUT2D eigenvalue weighted by Crippen LogP contribution is -2.43. The highest BCUT2D eigenvalue weighted by molar-refractivity contribution is 9.10. The van der Waals surface area contributed by atoms with Gasteiger partial charge in [0.25, 0.3) is 5.91 Å². The van der Waals surface area contributed by atoms with Crippen molar-refractivity contribution in [1.29, 1.82) is 0 Å². The Morgan fingerprint density at radius 3 is 2.33 bits per heavy atom. The first-order valence-electron chi connectivity index (χ1n) is 8.20. The number of ether oxygens (including phenoxy) is 1. The third-order valence-electron chi connectivity index (χ3n) is 3.71. The average molecular weight is 454 g/mol. The number of hydrogen-bond acceptors (Lipinski definition) is 5. The van der Waals surface area contributed by atoms with E-state index in [1.54, 1.807) is 36.4 Å². The van der Waals surface area contributed by atoms with Crippen LogP contribution < -0.4 is 5.32 Å². The first-order valence-corrected chi connectivity index (χ1v) is 11.1. The molecule has 0 aliphatic heterocycles. The van der Waals surface area contributed by atoms with Crippen LogP contribution in [0.4, 0.5) is 0 Å². The van der Waals surface area contributed by atoms with Crippen LogP contribution in [0.25, 0.3) is 0 Å². The fourth-order valence-electron chi connectivity index (χ4n) is 2.29. The number of halogens is 1. The molecule has 0 radical (unpaired) electrons. The maximum Gasteiger partial charge on any atom is 0.329 e. The number of rotatable bonds is 8. The summed E-state index contributed by atoms with van der Waals surface area (Å²) in [5, 5.41) is 2.57. The Hall–Kier alpha value is -2.19. The summed E-state index contributed by atoms with van der Waals surface area (Å²) >= 11 is 3.28. The summed E-state index contributed by atoms with van der Waals surface area (Å²) in [6, 6.07) is 14.8. The summed E-state index contributed by atoms with van der Waals surface area (Å²) in [5.41, 5.74) is 1.14. The van der Waals surface area contributed by atoms with Crippen LogP contribution in [0.15, 0.2) is 59.1 Å². The Morgan fingerprint density at radius 1 is 1.07 bits per heavy atom. The van der Waals surface area contributed by atoms with Crippen molar-refractivity contribution in [3.8, 4) is 0 Å². The molecular formula is C19H20BrNO5S. The second-order valence-electron chi connectivity index (χ2n) is 6.02. The topological polar surface area (TPSA) is 89.5 Å². The van der Waals surface area contributed by atoms with Crippen molar-refractivity contribution in [3.05, 3.63) is 70.2 Å². The molecule has 8 heteroatoms. The molecule has 1 N–H and O–H groups in total. The molecular weight excluding hydrogens is 434 g/mol. The van der Waals surface area contributed by atoms with E-state index < -0.39 is 27.8 Å². The normalized spacial score (nSPS) is 12.2. The van der Waals surface area contributed by atoms with Gasteiger partial charge in [-0.3, -0.25) is 4.79 Å². The van der Waals surface area contributed by atoms with Gasteiger partial charge in [0, 0.05) is 10.7 Å². The second kappa shape index (κ2) is 9.66. The fourth-order valence-corrected chi connectivity index (χ4v) is 3.42. The van der Waals surface area contributed by atoms with Gasteiger partial charge in [-0.25, -0.2) is 13.2 Å². The molecule has 0 heterocycles. The van der Waals surface area contributed by atoms with Gasteiger partial charge in [-0.15, -0.1) is 0 Å². The average Bonchev–Trinajstić information content (AvgIpc) is 2.63. The van der Waals surface area contributed by atoms with Crippen LogP contribution in [0.5, 0.6) is 0 Å². The van der Waals surface area contributed by atoms with Crippen molar-refractivity contribution >= 4 is 37.6 Å². The lowest BCUT2D eigenvalue weighted by molar-refractivity contribution is -0.147. The molecule has 0 fully saturated rings. The van der Waals surface area contributed by atoms with Crippen LogP contribution in [-0.4, -0.2) is 38.3 Å². The first kappa shape index (κ1) is 21.1. The number of benzene rings is 2. The largest absolute Gasteiger partial charge is 0.459 e. The van der Waals surface area contributed by atoms with E-state index >= 15 is 0 Å². The molecule has 27 heavy (non-hydrogen) atoms. The van der Waals surface area contributed by atoms with Gasteiger partial charge in [-0.1, -0.05) is 42.5 Å². The highest BCUT2D eigenvalue weighted by atomic mass is 79.9. The highest BCUT2D eigenvalue weighted by Crippen LogP contribution is 2.16. The predicted octanol–water partition coefficient (Wildman–Crippen LogP) is 2.73. The SMILES string of the molecule is CS(=O)(=O)CCC(NC(=O)c1ccccc1Br)C(=O)OCc1ccccc1. The minimum Gasteiger partial charge on any atom is -0.459 e. The smallest absolute Gasteiger partial charge is 0.329 e. The van der Waals surface area contributed by atoms with E-state index in [0.29, 0.717) is 10.0 Å². The molecule has 2 rings (SSSR count). The van der Waals surface area contributed by atoms with E-state index in [2.05, 4.69) is 21.2 Å². The van der Waals surface area contributed by atoms with Crippen molar-refractivity contribution in [1.82, 2.24) is 5.32 Å². The minimum atomic E-state index is -3.30. The lowest BCUT2D eigenvalue weighted by Gasteiger charge is -2.18. The molecule has 6 nitrogen and oxygen atoms in total. The van der Waals surface area contributed by atoms with Gasteiger partial charge in [-0.2, -0.15) is 0 Å². The van der Waals surface area contributed by atoms with Gasteiger partial charge in [0.15, 0.2) is 0 Å². The summed E-state index contributed by atoms with van der Waals surface area (Å²) in [4.78, 5) is 24.9. The molecule has 0 aromatic heterocycles. The Balaban J connectivity index is 2.08. The minimum absolute atomic E-state index is 0.0416. The number of esters is 1. The molecule has 0 aliphatic rings. The number of amides is 1. The van der Waals surface area contributed by atoms with Gasteiger partial charge >= 0.3 is 5.97 Å². The van der Waals surface area contributed by atoms with Crippen molar-refractivity contribution in [2.45, 2.75) is 19.1 Å². The third-order valence-corrected chi connectivity index (χ3v) is 5.38. The maximum absolute atomic E-state index is 12.5. The maximum atomic E-state index is 12.5. The van der Waals surface area contributed by atoms with E-state index in [9.17, 15) is 18.0 Å². The zero-order chi connectivity index (χ0) is 19.9. The van der Waals surface area contributed by atoms with E-state index in [0.717, 1.165) is 11.8 Å². The molecule has 0 aliphatic carbocycles. The number of carbonyl (C=O) groups is 2. The lowest BCUT2D eigenvalue weighted by atomic mass is 10.1. The standard InChI is InChI=1S/C19H20BrNO5S/c1-27(24,25)12-11-17(19(23)26-13-14-7-3-2-4-8-14)21-18(22)15-9-5-6-10-16(15)20/h2-10,17H,11-13H2,1H3,(H,21,22). The summed E-state index contributed by atoms with van der Waals surface area (Å²) in [6.07, 6.45) is 1.01. The van der Waals surface area contributed by atoms with Crippen molar-refractivity contribution in [2.24, 2.45) is 0 Å². The van der Waals surface area contributed by atoms with E-state index in [1.165, 1.54) is 0 Å². The summed E-state index contributed by atoms with van der Waals surface area (Å²) in [6.45, 7) is 0.0416. The monoisotopic (exact) mass is 453 g/mol. The molecule has 144 valence electrons. The zero-order valence-electron chi connectivity index (χ0n) is 14.7. The Bertz CT molecular complexity index is 899. The number of nitrogens with one attached hydrogen (secondary N) is 1. The number of hydrogen-bond donors (Lipinski definition) is 1. The summed E-state index contributed by atoms with van der Waals surface area (Å²) in [7, 11) is -3.30. The molecule has 0 bridgehead atoms. The Kier molecular flexibility index (Phi) is 7.55. The van der Waals surface area contributed by atoms with Gasteiger partial charge in [0.1, 0.15) is 22.5 Å². The molecule has 0 spiro atoms. The molecule has 1 unspecified atom stereocenters. The van der Waals surface area contributed by atoms with Crippen molar-refractivity contribution < 1.29 is 22.7 Å². The van der Waals surface area contributed by atoms with Crippen molar-refractivity contribution in [2.75, 3.05) is 12.0 Å². The molecule has 0 saturated heterocycles.